The number of rotatable bonds is 1. The van der Waals surface area contributed by atoms with Crippen LogP contribution in [0.1, 0.15) is 5.56 Å². The van der Waals surface area contributed by atoms with Crippen molar-refractivity contribution in [2.45, 2.75) is 6.18 Å². The Morgan fingerprint density at radius 3 is 2.47 bits per heavy atom. The number of alkyl halides is 3. The van der Waals surface area contributed by atoms with Crippen molar-refractivity contribution in [3.05, 3.63) is 28.2 Å². The predicted molar refractivity (Wildman–Crippen MR) is 52.4 cm³/mol. The van der Waals surface area contributed by atoms with Gasteiger partial charge in [0.2, 0.25) is 0 Å². The number of anilines is 1. The van der Waals surface area contributed by atoms with E-state index in [4.69, 9.17) is 5.73 Å². The van der Waals surface area contributed by atoms with Crippen LogP contribution >= 0.6 is 15.9 Å². The van der Waals surface area contributed by atoms with Crippen molar-refractivity contribution in [2.24, 2.45) is 5.73 Å². The molecule has 1 rings (SSSR count). The predicted octanol–water partition coefficient (Wildman–Crippen LogP) is 2.96. The van der Waals surface area contributed by atoms with Crippen molar-refractivity contribution in [2.75, 3.05) is 5.32 Å². The van der Waals surface area contributed by atoms with Crippen LogP contribution in [-0.2, 0) is 6.18 Å². The number of hydrogen-bond acceptors (Lipinski definition) is 1. The molecule has 0 fully saturated rings. The minimum Gasteiger partial charge on any atom is -0.351 e. The van der Waals surface area contributed by atoms with Gasteiger partial charge in [-0.15, -0.1) is 0 Å². The average Bonchev–Trinajstić information content (AvgIpc) is 2.05. The first-order chi connectivity index (χ1) is 6.82. The first-order valence-corrected chi connectivity index (χ1v) is 4.54. The molecule has 0 radical (unpaired) electrons. The molecule has 1 aromatic rings. The maximum absolute atomic E-state index is 12.4. The van der Waals surface area contributed by atoms with Crippen LogP contribution in [0.15, 0.2) is 22.7 Å². The number of carbonyl (C=O) groups excluding carboxylic acids is 1. The third-order valence-electron chi connectivity index (χ3n) is 1.56. The van der Waals surface area contributed by atoms with Gasteiger partial charge in [-0.1, -0.05) is 6.07 Å². The smallest absolute Gasteiger partial charge is 0.351 e. The van der Waals surface area contributed by atoms with Crippen LogP contribution in [0.25, 0.3) is 0 Å². The van der Waals surface area contributed by atoms with Crippen LogP contribution in [0.4, 0.5) is 23.7 Å². The van der Waals surface area contributed by atoms with Crippen molar-refractivity contribution < 1.29 is 18.0 Å². The molecule has 2 amide bonds. The lowest BCUT2D eigenvalue weighted by Gasteiger charge is -2.12. The lowest BCUT2D eigenvalue weighted by molar-refractivity contribution is -0.138. The fourth-order valence-electron chi connectivity index (χ4n) is 0.980. The second-order valence-corrected chi connectivity index (χ2v) is 3.45. The second-order valence-electron chi connectivity index (χ2n) is 2.65. The molecule has 0 bridgehead atoms. The number of amides is 2. The summed E-state index contributed by atoms with van der Waals surface area (Å²) in [5.74, 6) is 0. The zero-order valence-electron chi connectivity index (χ0n) is 7.23. The topological polar surface area (TPSA) is 55.1 Å². The van der Waals surface area contributed by atoms with Gasteiger partial charge in [-0.25, -0.2) is 4.79 Å². The van der Waals surface area contributed by atoms with Crippen molar-refractivity contribution >= 4 is 27.6 Å². The zero-order chi connectivity index (χ0) is 11.6. The molecule has 3 nitrogen and oxygen atoms in total. The average molecular weight is 283 g/mol. The molecule has 1 aromatic carbocycles. The van der Waals surface area contributed by atoms with E-state index in [1.54, 1.807) is 0 Å². The highest BCUT2D eigenvalue weighted by Gasteiger charge is 2.33. The Morgan fingerprint density at radius 2 is 2.00 bits per heavy atom. The Labute approximate surface area is 91.6 Å². The molecule has 0 saturated heterocycles. The quantitative estimate of drug-likeness (QED) is 0.818. The van der Waals surface area contributed by atoms with E-state index in [-0.39, 0.29) is 10.2 Å². The first-order valence-electron chi connectivity index (χ1n) is 3.74. The molecule has 0 aliphatic heterocycles. The molecule has 82 valence electrons. The van der Waals surface area contributed by atoms with Gasteiger partial charge in [0, 0.05) is 0 Å². The molecule has 0 aromatic heterocycles. The van der Waals surface area contributed by atoms with Gasteiger partial charge in [-0.2, -0.15) is 13.2 Å². The van der Waals surface area contributed by atoms with Gasteiger partial charge in [-0.05, 0) is 28.1 Å². The van der Waals surface area contributed by atoms with Crippen molar-refractivity contribution in [1.29, 1.82) is 0 Å². The van der Waals surface area contributed by atoms with E-state index in [9.17, 15) is 18.0 Å². The summed E-state index contributed by atoms with van der Waals surface area (Å²) in [5.41, 5.74) is 3.92. The Balaban J connectivity index is 3.17. The molecular weight excluding hydrogens is 277 g/mol. The number of primary amides is 1. The fraction of sp³-hybridized carbons (Fsp3) is 0.125. The maximum Gasteiger partial charge on any atom is 0.417 e. The van der Waals surface area contributed by atoms with Crippen molar-refractivity contribution in [3.63, 3.8) is 0 Å². The molecule has 0 aliphatic carbocycles. The van der Waals surface area contributed by atoms with Crippen LogP contribution in [-0.4, -0.2) is 6.03 Å². The fourth-order valence-corrected chi connectivity index (χ4v) is 1.57. The van der Waals surface area contributed by atoms with Crippen LogP contribution in [0.5, 0.6) is 0 Å². The highest BCUT2D eigenvalue weighted by molar-refractivity contribution is 9.10. The number of hydrogen-bond donors (Lipinski definition) is 2. The summed E-state index contributed by atoms with van der Waals surface area (Å²) in [4.78, 5) is 10.5. The summed E-state index contributed by atoms with van der Waals surface area (Å²) in [6, 6.07) is 2.47. The maximum atomic E-state index is 12.4. The van der Waals surface area contributed by atoms with E-state index < -0.39 is 17.8 Å². The molecule has 0 unspecified atom stereocenters. The number of halogens is 4. The first kappa shape index (κ1) is 11.8. The number of carbonyl (C=O) groups is 1. The molecule has 0 atom stereocenters. The van der Waals surface area contributed by atoms with Crippen LogP contribution in [0.3, 0.4) is 0 Å². The SMILES string of the molecule is NC(=O)Nc1cccc(C(F)(F)F)c1Br. The summed E-state index contributed by atoms with van der Waals surface area (Å²) < 4.78 is 36.9. The van der Waals surface area contributed by atoms with Gasteiger partial charge in [0.15, 0.2) is 0 Å². The molecule has 0 aliphatic rings. The highest BCUT2D eigenvalue weighted by Crippen LogP contribution is 2.38. The highest BCUT2D eigenvalue weighted by atomic mass is 79.9. The summed E-state index contributed by atoms with van der Waals surface area (Å²) in [7, 11) is 0. The lowest BCUT2D eigenvalue weighted by Crippen LogP contribution is -2.20. The Bertz CT molecular complexity index is 392. The van der Waals surface area contributed by atoms with Gasteiger partial charge in [-0.3, -0.25) is 0 Å². The van der Waals surface area contributed by atoms with Gasteiger partial charge in [0.1, 0.15) is 0 Å². The van der Waals surface area contributed by atoms with E-state index in [1.807, 2.05) is 0 Å². The van der Waals surface area contributed by atoms with E-state index in [2.05, 4.69) is 21.2 Å². The van der Waals surface area contributed by atoms with Gasteiger partial charge < -0.3 is 11.1 Å². The summed E-state index contributed by atoms with van der Waals surface area (Å²) in [5, 5.41) is 2.08. The number of nitrogens with one attached hydrogen (secondary N) is 1. The summed E-state index contributed by atoms with van der Waals surface area (Å²) >= 11 is 2.76. The van der Waals surface area contributed by atoms with E-state index in [0.717, 1.165) is 6.07 Å². The molecule has 0 spiro atoms. The van der Waals surface area contributed by atoms with Crippen molar-refractivity contribution in [1.82, 2.24) is 0 Å². The number of nitrogens with two attached hydrogens (primary N) is 1. The molecule has 3 N–H and O–H groups in total. The molecule has 7 heteroatoms. The van der Waals surface area contributed by atoms with Gasteiger partial charge in [0.25, 0.3) is 0 Å². The Hall–Kier alpha value is -1.24. The monoisotopic (exact) mass is 282 g/mol. The Morgan fingerprint density at radius 1 is 1.40 bits per heavy atom. The summed E-state index contributed by atoms with van der Waals surface area (Å²) in [6.07, 6.45) is -4.48. The zero-order valence-corrected chi connectivity index (χ0v) is 8.82. The second kappa shape index (κ2) is 4.09. The van der Waals surface area contributed by atoms with Gasteiger partial charge >= 0.3 is 12.2 Å². The molecule has 15 heavy (non-hydrogen) atoms. The van der Waals surface area contributed by atoms with Crippen LogP contribution < -0.4 is 11.1 Å². The van der Waals surface area contributed by atoms with E-state index in [0.29, 0.717) is 0 Å². The third-order valence-corrected chi connectivity index (χ3v) is 2.42. The molecular formula is C8H6BrF3N2O. The minimum absolute atomic E-state index is 0.0164. The van der Waals surface area contributed by atoms with E-state index >= 15 is 0 Å². The van der Waals surface area contributed by atoms with E-state index in [1.165, 1.54) is 12.1 Å². The number of urea groups is 1. The third kappa shape index (κ3) is 2.85. The van der Waals surface area contributed by atoms with Crippen LogP contribution in [0.2, 0.25) is 0 Å². The largest absolute Gasteiger partial charge is 0.417 e. The molecule has 0 heterocycles. The normalized spacial score (nSPS) is 11.2. The molecule has 0 saturated carbocycles. The van der Waals surface area contributed by atoms with Gasteiger partial charge in [0.05, 0.1) is 15.7 Å². The minimum atomic E-state index is -4.48. The van der Waals surface area contributed by atoms with Crippen molar-refractivity contribution in [3.8, 4) is 0 Å². The summed E-state index contributed by atoms with van der Waals surface area (Å²) in [6.45, 7) is 0. The lowest BCUT2D eigenvalue weighted by atomic mass is 10.2. The Kier molecular flexibility index (Phi) is 3.23. The standard InChI is InChI=1S/C8H6BrF3N2O/c9-6-4(8(10,11)12)2-1-3-5(6)14-7(13)15/h1-3H,(H3,13,14,15). The van der Waals surface area contributed by atoms with Crippen LogP contribution in [0, 0.1) is 0 Å². The number of benzene rings is 1.